The SMILES string of the molecule is COc1ccc(/C=N/NC(=O)CC(=O)NCCc2ccc(OC)c(OC)c2)cc1. The van der Waals surface area contributed by atoms with E-state index in [4.69, 9.17) is 14.2 Å². The summed E-state index contributed by atoms with van der Waals surface area (Å²) in [6.45, 7) is 0.400. The number of rotatable bonds is 10. The number of methoxy groups -OCH3 is 3. The second-order valence-electron chi connectivity index (χ2n) is 6.03. The Kier molecular flexibility index (Phi) is 8.50. The predicted molar refractivity (Wildman–Crippen MR) is 110 cm³/mol. The fourth-order valence-electron chi connectivity index (χ4n) is 2.50. The van der Waals surface area contributed by atoms with Crippen LogP contribution in [0.5, 0.6) is 17.2 Å². The smallest absolute Gasteiger partial charge is 0.249 e. The zero-order valence-electron chi connectivity index (χ0n) is 16.7. The monoisotopic (exact) mass is 399 g/mol. The summed E-state index contributed by atoms with van der Waals surface area (Å²) in [7, 11) is 4.73. The molecule has 0 unspecified atom stereocenters. The van der Waals surface area contributed by atoms with E-state index >= 15 is 0 Å². The minimum absolute atomic E-state index is 0.300. The van der Waals surface area contributed by atoms with E-state index < -0.39 is 5.91 Å². The van der Waals surface area contributed by atoms with E-state index in [1.54, 1.807) is 45.6 Å². The molecule has 2 amide bonds. The zero-order valence-corrected chi connectivity index (χ0v) is 16.7. The summed E-state index contributed by atoms with van der Waals surface area (Å²) in [6.07, 6.45) is 1.79. The summed E-state index contributed by atoms with van der Waals surface area (Å²) in [5.74, 6) is 1.15. The predicted octanol–water partition coefficient (Wildman–Crippen LogP) is 1.91. The van der Waals surface area contributed by atoms with Crippen molar-refractivity contribution in [3.05, 3.63) is 53.6 Å². The minimum atomic E-state index is -0.488. The van der Waals surface area contributed by atoms with Gasteiger partial charge in [0.15, 0.2) is 11.5 Å². The van der Waals surface area contributed by atoms with Gasteiger partial charge in [-0.25, -0.2) is 5.43 Å². The highest BCUT2D eigenvalue weighted by Crippen LogP contribution is 2.27. The lowest BCUT2D eigenvalue weighted by molar-refractivity contribution is -0.129. The van der Waals surface area contributed by atoms with Gasteiger partial charge in [-0.2, -0.15) is 5.10 Å². The number of nitrogens with one attached hydrogen (secondary N) is 2. The fourth-order valence-corrected chi connectivity index (χ4v) is 2.50. The molecule has 0 aliphatic rings. The van der Waals surface area contributed by atoms with E-state index in [1.165, 1.54) is 6.21 Å². The molecule has 0 aromatic heterocycles. The number of hydrazone groups is 1. The second kappa shape index (κ2) is 11.3. The first kappa shape index (κ1) is 21.7. The van der Waals surface area contributed by atoms with Crippen molar-refractivity contribution in [1.29, 1.82) is 0 Å². The molecule has 8 heteroatoms. The molecule has 0 saturated carbocycles. The van der Waals surface area contributed by atoms with E-state index in [9.17, 15) is 9.59 Å². The summed E-state index contributed by atoms with van der Waals surface area (Å²) >= 11 is 0. The van der Waals surface area contributed by atoms with Gasteiger partial charge in [-0.15, -0.1) is 0 Å². The van der Waals surface area contributed by atoms with Crippen LogP contribution < -0.4 is 25.0 Å². The lowest BCUT2D eigenvalue weighted by atomic mass is 10.1. The average Bonchev–Trinajstić information content (AvgIpc) is 2.74. The molecule has 0 spiro atoms. The molecule has 154 valence electrons. The van der Waals surface area contributed by atoms with Gasteiger partial charge < -0.3 is 19.5 Å². The number of hydrogen-bond acceptors (Lipinski definition) is 6. The van der Waals surface area contributed by atoms with Crippen molar-refractivity contribution in [2.75, 3.05) is 27.9 Å². The number of carbonyl (C=O) groups excluding carboxylic acids is 2. The molecule has 0 aliphatic heterocycles. The molecule has 0 heterocycles. The van der Waals surface area contributed by atoms with Gasteiger partial charge in [0, 0.05) is 6.54 Å². The highest BCUT2D eigenvalue weighted by Gasteiger charge is 2.09. The number of hydrogen-bond donors (Lipinski definition) is 2. The van der Waals surface area contributed by atoms with Gasteiger partial charge in [0.1, 0.15) is 12.2 Å². The molecule has 2 aromatic rings. The van der Waals surface area contributed by atoms with Gasteiger partial charge in [-0.05, 0) is 53.9 Å². The highest BCUT2D eigenvalue weighted by molar-refractivity contribution is 5.97. The summed E-state index contributed by atoms with van der Waals surface area (Å²) in [4.78, 5) is 23.7. The Morgan fingerprint density at radius 2 is 1.66 bits per heavy atom. The van der Waals surface area contributed by atoms with Crippen LogP contribution in [0.15, 0.2) is 47.6 Å². The maximum absolute atomic E-state index is 11.9. The number of carbonyl (C=O) groups is 2. The third-order valence-electron chi connectivity index (χ3n) is 4.02. The summed E-state index contributed by atoms with van der Waals surface area (Å²) in [6, 6.07) is 12.7. The molecule has 2 rings (SSSR count). The van der Waals surface area contributed by atoms with E-state index in [2.05, 4.69) is 15.8 Å². The molecule has 0 saturated heterocycles. The van der Waals surface area contributed by atoms with Gasteiger partial charge in [0.05, 0.1) is 27.5 Å². The van der Waals surface area contributed by atoms with Crippen LogP contribution in [-0.4, -0.2) is 45.9 Å². The van der Waals surface area contributed by atoms with Gasteiger partial charge in [0.25, 0.3) is 0 Å². The molecular formula is C21H25N3O5. The van der Waals surface area contributed by atoms with Crippen molar-refractivity contribution in [1.82, 2.24) is 10.7 Å². The number of ether oxygens (including phenoxy) is 3. The van der Waals surface area contributed by atoms with E-state index in [0.29, 0.717) is 24.5 Å². The van der Waals surface area contributed by atoms with Crippen molar-refractivity contribution in [2.24, 2.45) is 5.10 Å². The van der Waals surface area contributed by atoms with Gasteiger partial charge in [-0.3, -0.25) is 9.59 Å². The Morgan fingerprint density at radius 1 is 0.931 bits per heavy atom. The standard InChI is InChI=1S/C21H25N3O5/c1-27-17-7-4-16(5-8-17)14-23-24-21(26)13-20(25)22-11-10-15-6-9-18(28-2)19(12-15)29-3/h4-9,12,14H,10-11,13H2,1-3H3,(H,22,25)(H,24,26)/b23-14+. The third-order valence-corrected chi connectivity index (χ3v) is 4.02. The first-order valence-electron chi connectivity index (χ1n) is 8.99. The lowest BCUT2D eigenvalue weighted by Gasteiger charge is -2.10. The van der Waals surface area contributed by atoms with Crippen LogP contribution in [0, 0.1) is 0 Å². The van der Waals surface area contributed by atoms with Gasteiger partial charge >= 0.3 is 0 Å². The fraction of sp³-hybridized carbons (Fsp3) is 0.286. The van der Waals surface area contributed by atoms with Crippen molar-refractivity contribution in [3.8, 4) is 17.2 Å². The summed E-state index contributed by atoms with van der Waals surface area (Å²) < 4.78 is 15.5. The maximum Gasteiger partial charge on any atom is 0.249 e. The summed E-state index contributed by atoms with van der Waals surface area (Å²) in [5.41, 5.74) is 4.11. The molecule has 0 fully saturated rings. The van der Waals surface area contributed by atoms with Crippen molar-refractivity contribution in [3.63, 3.8) is 0 Å². The maximum atomic E-state index is 11.9. The minimum Gasteiger partial charge on any atom is -0.497 e. The van der Waals surface area contributed by atoms with E-state index in [-0.39, 0.29) is 12.3 Å². The topological polar surface area (TPSA) is 98.2 Å². The van der Waals surface area contributed by atoms with Gasteiger partial charge in [-0.1, -0.05) is 6.07 Å². The molecule has 29 heavy (non-hydrogen) atoms. The van der Waals surface area contributed by atoms with E-state index in [0.717, 1.165) is 16.9 Å². The van der Waals surface area contributed by atoms with Crippen LogP contribution in [0.1, 0.15) is 17.5 Å². The molecule has 0 bridgehead atoms. The first-order valence-corrected chi connectivity index (χ1v) is 8.99. The lowest BCUT2D eigenvalue weighted by Crippen LogP contribution is -2.31. The molecule has 8 nitrogen and oxygen atoms in total. The number of amides is 2. The number of benzene rings is 2. The molecule has 0 radical (unpaired) electrons. The van der Waals surface area contributed by atoms with Crippen LogP contribution in [0.3, 0.4) is 0 Å². The van der Waals surface area contributed by atoms with Crippen LogP contribution in [-0.2, 0) is 16.0 Å². The van der Waals surface area contributed by atoms with Crippen LogP contribution >= 0.6 is 0 Å². The largest absolute Gasteiger partial charge is 0.497 e. The van der Waals surface area contributed by atoms with Crippen molar-refractivity contribution < 1.29 is 23.8 Å². The number of nitrogens with zero attached hydrogens (tertiary/aromatic N) is 1. The zero-order chi connectivity index (χ0) is 21.1. The normalized spacial score (nSPS) is 10.4. The molecule has 0 atom stereocenters. The van der Waals surface area contributed by atoms with Crippen LogP contribution in [0.25, 0.3) is 0 Å². The quantitative estimate of drug-likeness (QED) is 0.361. The molecule has 2 N–H and O–H groups in total. The third kappa shape index (κ3) is 7.17. The Balaban J connectivity index is 1.71. The molecular weight excluding hydrogens is 374 g/mol. The van der Waals surface area contributed by atoms with Crippen molar-refractivity contribution in [2.45, 2.75) is 12.8 Å². The molecule has 0 aliphatic carbocycles. The van der Waals surface area contributed by atoms with Gasteiger partial charge in [0.2, 0.25) is 11.8 Å². The second-order valence-corrected chi connectivity index (χ2v) is 6.03. The average molecular weight is 399 g/mol. The van der Waals surface area contributed by atoms with Crippen molar-refractivity contribution >= 4 is 18.0 Å². The van der Waals surface area contributed by atoms with E-state index in [1.807, 2.05) is 18.2 Å². The Morgan fingerprint density at radius 3 is 2.31 bits per heavy atom. The first-order chi connectivity index (χ1) is 14.0. The Bertz CT molecular complexity index is 850. The highest BCUT2D eigenvalue weighted by atomic mass is 16.5. The van der Waals surface area contributed by atoms with Crippen LogP contribution in [0.2, 0.25) is 0 Å². The van der Waals surface area contributed by atoms with Crippen LogP contribution in [0.4, 0.5) is 0 Å². The Labute approximate surface area is 169 Å². The molecule has 2 aromatic carbocycles. The Hall–Kier alpha value is -3.55. The summed E-state index contributed by atoms with van der Waals surface area (Å²) in [5, 5.41) is 6.55.